The van der Waals surface area contributed by atoms with Crippen LogP contribution in [0.25, 0.3) is 0 Å². The minimum Gasteiger partial charge on any atom is -0.445 e. The molecule has 0 saturated carbocycles. The molecule has 1 aliphatic rings. The number of hydrogen-bond donors (Lipinski definition) is 0. The predicted octanol–water partition coefficient (Wildman–Crippen LogP) is 4.77. The van der Waals surface area contributed by atoms with Crippen LogP contribution in [-0.4, -0.2) is 24.1 Å². The van der Waals surface area contributed by atoms with Gasteiger partial charge in [0, 0.05) is 13.1 Å². The van der Waals surface area contributed by atoms with Gasteiger partial charge in [0.05, 0.1) is 0 Å². The fourth-order valence-corrected chi connectivity index (χ4v) is 3.57. The lowest BCUT2D eigenvalue weighted by Gasteiger charge is -2.41. The van der Waals surface area contributed by atoms with Crippen molar-refractivity contribution in [3.8, 4) is 0 Å². The molecule has 0 spiro atoms. The van der Waals surface area contributed by atoms with E-state index in [1.807, 2.05) is 35.2 Å². The van der Waals surface area contributed by atoms with E-state index in [1.165, 1.54) is 5.56 Å². The summed E-state index contributed by atoms with van der Waals surface area (Å²) in [5.41, 5.74) is 2.61. The topological polar surface area (TPSA) is 29.5 Å². The summed E-state index contributed by atoms with van der Waals surface area (Å²) in [4.78, 5) is 14.2. The summed E-state index contributed by atoms with van der Waals surface area (Å²) in [6, 6.07) is 20.5. The van der Waals surface area contributed by atoms with E-state index in [0.717, 1.165) is 37.9 Å². The van der Waals surface area contributed by atoms with E-state index in [1.54, 1.807) is 0 Å². The van der Waals surface area contributed by atoms with E-state index < -0.39 is 0 Å². The molecule has 1 fully saturated rings. The summed E-state index contributed by atoms with van der Waals surface area (Å²) in [5.74, 6) is 0. The zero-order valence-corrected chi connectivity index (χ0v) is 14.3. The fourth-order valence-electron chi connectivity index (χ4n) is 3.57. The Bertz CT molecular complexity index is 646. The van der Waals surface area contributed by atoms with E-state index in [4.69, 9.17) is 4.74 Å². The lowest BCUT2D eigenvalue weighted by Crippen LogP contribution is -2.45. The molecule has 24 heavy (non-hydrogen) atoms. The highest BCUT2D eigenvalue weighted by molar-refractivity contribution is 5.67. The molecule has 0 aliphatic carbocycles. The summed E-state index contributed by atoms with van der Waals surface area (Å²) in [5, 5.41) is 0. The second kappa shape index (κ2) is 7.52. The van der Waals surface area contributed by atoms with Crippen molar-refractivity contribution in [2.75, 3.05) is 13.1 Å². The minimum absolute atomic E-state index is 0.192. The molecule has 0 atom stereocenters. The highest BCUT2D eigenvalue weighted by atomic mass is 16.6. The number of nitrogens with zero attached hydrogens (tertiary/aromatic N) is 1. The third-order valence-corrected chi connectivity index (χ3v) is 5.25. The molecule has 3 rings (SSSR count). The smallest absolute Gasteiger partial charge is 0.410 e. The van der Waals surface area contributed by atoms with Gasteiger partial charge in [0.15, 0.2) is 0 Å². The molecule has 0 N–H and O–H groups in total. The molecule has 3 nitrogen and oxygen atoms in total. The van der Waals surface area contributed by atoms with Crippen LogP contribution >= 0.6 is 0 Å². The van der Waals surface area contributed by atoms with E-state index in [9.17, 15) is 4.79 Å². The quantitative estimate of drug-likeness (QED) is 0.811. The number of carbonyl (C=O) groups excluding carboxylic acids is 1. The van der Waals surface area contributed by atoms with Crippen LogP contribution < -0.4 is 0 Å². The van der Waals surface area contributed by atoms with E-state index in [0.29, 0.717) is 6.61 Å². The van der Waals surface area contributed by atoms with Crippen molar-refractivity contribution in [1.82, 2.24) is 4.90 Å². The summed E-state index contributed by atoms with van der Waals surface area (Å²) in [7, 11) is 0. The maximum absolute atomic E-state index is 12.3. The van der Waals surface area contributed by atoms with Crippen LogP contribution in [0.3, 0.4) is 0 Å². The Labute approximate surface area is 144 Å². The highest BCUT2D eigenvalue weighted by Gasteiger charge is 2.36. The first-order chi connectivity index (χ1) is 11.7. The van der Waals surface area contributed by atoms with Gasteiger partial charge in [-0.05, 0) is 35.8 Å². The Morgan fingerprint density at radius 3 is 2.17 bits per heavy atom. The van der Waals surface area contributed by atoms with Crippen molar-refractivity contribution < 1.29 is 9.53 Å². The molecule has 0 unspecified atom stereocenters. The summed E-state index contributed by atoms with van der Waals surface area (Å²) >= 11 is 0. The SMILES string of the molecule is CCC1(c2ccccc2)CCN(C(=O)OCc2ccccc2)CC1. The molecule has 0 bridgehead atoms. The molecule has 126 valence electrons. The van der Waals surface area contributed by atoms with Crippen LogP contribution in [0.1, 0.15) is 37.3 Å². The lowest BCUT2D eigenvalue weighted by molar-refractivity contribution is 0.0765. The number of benzene rings is 2. The Kier molecular flexibility index (Phi) is 5.19. The van der Waals surface area contributed by atoms with Gasteiger partial charge in [0.2, 0.25) is 0 Å². The van der Waals surface area contributed by atoms with Crippen molar-refractivity contribution in [1.29, 1.82) is 0 Å². The van der Waals surface area contributed by atoms with Crippen LogP contribution in [0, 0.1) is 0 Å². The van der Waals surface area contributed by atoms with Gasteiger partial charge in [-0.25, -0.2) is 4.79 Å². The molecule has 1 amide bonds. The number of piperidine rings is 1. The fraction of sp³-hybridized carbons (Fsp3) is 0.381. The normalized spacial score (nSPS) is 16.6. The monoisotopic (exact) mass is 323 g/mol. The first kappa shape index (κ1) is 16.6. The lowest BCUT2D eigenvalue weighted by atomic mass is 9.71. The Hall–Kier alpha value is -2.29. The molecule has 2 aromatic carbocycles. The summed E-state index contributed by atoms with van der Waals surface area (Å²) in [6.07, 6.45) is 2.89. The first-order valence-electron chi connectivity index (χ1n) is 8.75. The van der Waals surface area contributed by atoms with E-state index in [-0.39, 0.29) is 11.5 Å². The van der Waals surface area contributed by atoms with Crippen molar-refractivity contribution in [3.63, 3.8) is 0 Å². The predicted molar refractivity (Wildman–Crippen MR) is 95.8 cm³/mol. The first-order valence-corrected chi connectivity index (χ1v) is 8.75. The van der Waals surface area contributed by atoms with E-state index >= 15 is 0 Å². The number of amides is 1. The highest BCUT2D eigenvalue weighted by Crippen LogP contribution is 2.38. The second-order valence-corrected chi connectivity index (χ2v) is 6.53. The molecule has 1 saturated heterocycles. The van der Waals surface area contributed by atoms with Crippen LogP contribution in [0.2, 0.25) is 0 Å². The number of rotatable bonds is 4. The molecule has 0 radical (unpaired) electrons. The maximum Gasteiger partial charge on any atom is 0.410 e. The standard InChI is InChI=1S/C21H25NO2/c1-2-21(19-11-7-4-8-12-19)13-15-22(16-14-21)20(23)24-17-18-9-5-3-6-10-18/h3-12H,2,13-17H2,1H3. The summed E-state index contributed by atoms with van der Waals surface area (Å²) in [6.45, 7) is 4.11. The van der Waals surface area contributed by atoms with Gasteiger partial charge in [-0.15, -0.1) is 0 Å². The number of hydrogen-bond acceptors (Lipinski definition) is 2. The molecule has 2 aromatic rings. The molecule has 1 aliphatic heterocycles. The van der Waals surface area contributed by atoms with Gasteiger partial charge in [0.25, 0.3) is 0 Å². The Morgan fingerprint density at radius 1 is 1.00 bits per heavy atom. The maximum atomic E-state index is 12.3. The van der Waals surface area contributed by atoms with Crippen molar-refractivity contribution >= 4 is 6.09 Å². The second-order valence-electron chi connectivity index (χ2n) is 6.53. The minimum atomic E-state index is -0.198. The van der Waals surface area contributed by atoms with Crippen molar-refractivity contribution in [2.45, 2.75) is 38.2 Å². The third kappa shape index (κ3) is 3.61. The Balaban J connectivity index is 1.57. The van der Waals surface area contributed by atoms with Gasteiger partial charge in [-0.1, -0.05) is 67.6 Å². The zero-order valence-electron chi connectivity index (χ0n) is 14.3. The molecule has 0 aromatic heterocycles. The molecule has 1 heterocycles. The number of ether oxygens (including phenoxy) is 1. The van der Waals surface area contributed by atoms with Gasteiger partial charge < -0.3 is 9.64 Å². The number of carbonyl (C=O) groups is 1. The summed E-state index contributed by atoms with van der Waals surface area (Å²) < 4.78 is 5.46. The van der Waals surface area contributed by atoms with Crippen LogP contribution in [-0.2, 0) is 16.8 Å². The molecule has 3 heteroatoms. The van der Waals surface area contributed by atoms with Crippen molar-refractivity contribution in [3.05, 3.63) is 71.8 Å². The van der Waals surface area contributed by atoms with Gasteiger partial charge in [-0.3, -0.25) is 0 Å². The third-order valence-electron chi connectivity index (χ3n) is 5.25. The number of likely N-dealkylation sites (tertiary alicyclic amines) is 1. The van der Waals surface area contributed by atoms with Crippen LogP contribution in [0.5, 0.6) is 0 Å². The average molecular weight is 323 g/mol. The average Bonchev–Trinajstić information content (AvgIpc) is 2.67. The van der Waals surface area contributed by atoms with Gasteiger partial charge >= 0.3 is 6.09 Å². The van der Waals surface area contributed by atoms with Crippen LogP contribution in [0.4, 0.5) is 4.79 Å². The van der Waals surface area contributed by atoms with Crippen molar-refractivity contribution in [2.24, 2.45) is 0 Å². The van der Waals surface area contributed by atoms with Gasteiger partial charge in [0.1, 0.15) is 6.61 Å². The zero-order chi connectivity index (χ0) is 16.8. The largest absolute Gasteiger partial charge is 0.445 e. The van der Waals surface area contributed by atoms with E-state index in [2.05, 4.69) is 37.3 Å². The molecular formula is C21H25NO2. The Morgan fingerprint density at radius 2 is 1.58 bits per heavy atom. The molecular weight excluding hydrogens is 298 g/mol. The van der Waals surface area contributed by atoms with Crippen LogP contribution in [0.15, 0.2) is 60.7 Å². The van der Waals surface area contributed by atoms with Gasteiger partial charge in [-0.2, -0.15) is 0 Å².